The number of nitrogens with zero attached hydrogens (tertiary/aromatic N) is 2. The van der Waals surface area contributed by atoms with Gasteiger partial charge in [-0.1, -0.05) is 48.5 Å². The van der Waals surface area contributed by atoms with E-state index in [-0.39, 0.29) is 35.8 Å². The summed E-state index contributed by atoms with van der Waals surface area (Å²) in [6, 6.07) is 20.8. The summed E-state index contributed by atoms with van der Waals surface area (Å²) >= 11 is 0. The van der Waals surface area contributed by atoms with Gasteiger partial charge in [-0.3, -0.25) is 14.5 Å². The molecule has 238 valence electrons. The lowest BCUT2D eigenvalue weighted by atomic mass is 9.60. The molecule has 1 saturated heterocycles. The summed E-state index contributed by atoms with van der Waals surface area (Å²) in [6.07, 6.45) is -6.66. The molecule has 2 unspecified atom stereocenters. The van der Waals surface area contributed by atoms with Gasteiger partial charge in [-0.2, -0.15) is 26.3 Å². The summed E-state index contributed by atoms with van der Waals surface area (Å²) in [5.41, 5.74) is -1.78. The molecule has 3 aliphatic rings. The molecule has 2 aliphatic carbocycles. The highest BCUT2D eigenvalue weighted by Gasteiger charge is 2.52. The van der Waals surface area contributed by atoms with Gasteiger partial charge in [0.2, 0.25) is 5.91 Å². The second-order valence-electron chi connectivity index (χ2n) is 12.5. The number of Topliss-reactive ketones (excluding diaryl/α,β-unsaturated/α-hetero) is 1. The summed E-state index contributed by atoms with van der Waals surface area (Å²) in [5.74, 6) is -1.84. The Hall–Kier alpha value is -3.66. The number of para-hydroxylation sites is 1. The number of benzene rings is 3. The van der Waals surface area contributed by atoms with Crippen LogP contribution in [0.4, 0.5) is 32.0 Å². The summed E-state index contributed by atoms with van der Waals surface area (Å²) in [6.45, 7) is 1.58. The van der Waals surface area contributed by atoms with Crippen molar-refractivity contribution in [3.63, 3.8) is 0 Å². The Morgan fingerprint density at radius 2 is 1.27 bits per heavy atom. The van der Waals surface area contributed by atoms with Gasteiger partial charge in [0.15, 0.2) is 0 Å². The molecule has 3 fully saturated rings. The number of piperazine rings is 1. The summed E-state index contributed by atoms with van der Waals surface area (Å²) < 4.78 is 81.7. The van der Waals surface area contributed by atoms with Crippen molar-refractivity contribution in [2.75, 3.05) is 24.5 Å². The van der Waals surface area contributed by atoms with Gasteiger partial charge in [0.05, 0.1) is 17.7 Å². The number of rotatable bonds is 5. The molecule has 1 amide bonds. The van der Waals surface area contributed by atoms with E-state index in [0.717, 1.165) is 24.1 Å². The fourth-order valence-corrected chi connectivity index (χ4v) is 7.90. The smallest absolute Gasteiger partial charge is 0.310 e. The molecular weight excluding hydrogens is 594 g/mol. The Morgan fingerprint density at radius 1 is 0.689 bits per heavy atom. The van der Waals surface area contributed by atoms with Crippen molar-refractivity contribution in [2.24, 2.45) is 5.92 Å². The minimum atomic E-state index is -4.98. The van der Waals surface area contributed by atoms with Crippen LogP contribution in [0.25, 0.3) is 0 Å². The average molecular weight is 629 g/mol. The molecule has 3 aromatic rings. The highest BCUT2D eigenvalue weighted by molar-refractivity contribution is 5.95. The number of ketones is 1. The first-order chi connectivity index (χ1) is 21.4. The number of carbonyl (C=O) groups excluding carboxylic acids is 2. The number of amides is 1. The van der Waals surface area contributed by atoms with E-state index in [4.69, 9.17) is 0 Å². The second kappa shape index (κ2) is 11.9. The first-order valence-electron chi connectivity index (χ1n) is 15.3. The third kappa shape index (κ3) is 6.13. The molecule has 4 nitrogen and oxygen atoms in total. The standard InChI is InChI=1S/C35H34F6N2O2/c36-34(37,38)25-19-23(20-26(21-25)35(39,40)41)29-11-12-30(32(29)45)33(24-7-3-1-4-8-24)15-13-27(14-16-33)42-17-18-43(31(44)22-42)28-9-5-2-6-10-28/h1-10,19-21,27,29-30H,11-18,22H2. The topological polar surface area (TPSA) is 40.6 Å². The Bertz CT molecular complexity index is 1500. The molecule has 1 heterocycles. The van der Waals surface area contributed by atoms with Crippen LogP contribution >= 0.6 is 0 Å². The summed E-state index contributed by atoms with van der Waals surface area (Å²) in [7, 11) is 0. The molecule has 2 saturated carbocycles. The van der Waals surface area contributed by atoms with Crippen molar-refractivity contribution >= 4 is 17.4 Å². The van der Waals surface area contributed by atoms with Gasteiger partial charge in [-0.05, 0) is 80.0 Å². The third-order valence-electron chi connectivity index (χ3n) is 10.1. The third-order valence-corrected chi connectivity index (χ3v) is 10.1. The number of hydrogen-bond donors (Lipinski definition) is 0. The molecule has 45 heavy (non-hydrogen) atoms. The van der Waals surface area contributed by atoms with E-state index < -0.39 is 40.7 Å². The zero-order chi connectivity index (χ0) is 32.0. The quantitative estimate of drug-likeness (QED) is 0.269. The summed E-state index contributed by atoms with van der Waals surface area (Å²) in [5, 5.41) is 0. The van der Waals surface area contributed by atoms with Gasteiger partial charge in [-0.15, -0.1) is 0 Å². The van der Waals surface area contributed by atoms with Crippen LogP contribution in [0.2, 0.25) is 0 Å². The number of halogens is 6. The van der Waals surface area contributed by atoms with Crippen LogP contribution in [-0.4, -0.2) is 42.3 Å². The van der Waals surface area contributed by atoms with Crippen molar-refractivity contribution < 1.29 is 35.9 Å². The summed E-state index contributed by atoms with van der Waals surface area (Å²) in [4.78, 5) is 31.2. The molecule has 2 atom stereocenters. The van der Waals surface area contributed by atoms with E-state index in [1.165, 1.54) is 0 Å². The zero-order valence-corrected chi connectivity index (χ0v) is 24.6. The maximum absolute atomic E-state index is 14.1. The van der Waals surface area contributed by atoms with Gasteiger partial charge < -0.3 is 4.90 Å². The van der Waals surface area contributed by atoms with Crippen LogP contribution in [0.5, 0.6) is 0 Å². The van der Waals surface area contributed by atoms with E-state index in [2.05, 4.69) is 4.90 Å². The molecule has 6 rings (SSSR count). The maximum atomic E-state index is 14.1. The van der Waals surface area contributed by atoms with Gasteiger partial charge in [-0.25, -0.2) is 0 Å². The van der Waals surface area contributed by atoms with E-state index in [1.807, 2.05) is 60.7 Å². The first kappa shape index (κ1) is 31.3. The van der Waals surface area contributed by atoms with Crippen molar-refractivity contribution in [3.05, 3.63) is 101 Å². The minimum Gasteiger partial charge on any atom is -0.310 e. The normalized spacial score (nSPS) is 26.8. The van der Waals surface area contributed by atoms with Crippen LogP contribution < -0.4 is 4.90 Å². The molecule has 10 heteroatoms. The van der Waals surface area contributed by atoms with Crippen molar-refractivity contribution in [3.8, 4) is 0 Å². The second-order valence-corrected chi connectivity index (χ2v) is 12.5. The lowest BCUT2D eigenvalue weighted by molar-refractivity contribution is -0.143. The van der Waals surface area contributed by atoms with Gasteiger partial charge in [0.1, 0.15) is 5.78 Å². The lowest BCUT2D eigenvalue weighted by Crippen LogP contribution is -2.55. The van der Waals surface area contributed by atoms with Crippen molar-refractivity contribution in [1.29, 1.82) is 0 Å². The predicted molar refractivity (Wildman–Crippen MR) is 158 cm³/mol. The molecule has 3 aromatic carbocycles. The number of anilines is 1. The van der Waals surface area contributed by atoms with Crippen molar-refractivity contribution in [2.45, 2.75) is 68.3 Å². The SMILES string of the molecule is O=C1C(c2cc(C(F)(F)F)cc(C(F)(F)F)c2)CCC1C1(c2ccccc2)CCC(N2CCN(c3ccccc3)C(=O)C2)CC1. The number of hydrogen-bond acceptors (Lipinski definition) is 3. The monoisotopic (exact) mass is 628 g/mol. The molecule has 0 aromatic heterocycles. The minimum absolute atomic E-state index is 0.0282. The molecule has 1 aliphatic heterocycles. The van der Waals surface area contributed by atoms with Crippen LogP contribution in [-0.2, 0) is 27.4 Å². The van der Waals surface area contributed by atoms with Gasteiger partial charge in [0, 0.05) is 42.1 Å². The lowest BCUT2D eigenvalue weighted by Gasteiger charge is -2.48. The molecular formula is C35H34F6N2O2. The van der Waals surface area contributed by atoms with E-state index in [0.29, 0.717) is 51.0 Å². The largest absolute Gasteiger partial charge is 0.416 e. The first-order valence-corrected chi connectivity index (χ1v) is 15.3. The highest BCUT2D eigenvalue weighted by Crippen LogP contribution is 2.53. The Morgan fingerprint density at radius 3 is 1.82 bits per heavy atom. The van der Waals surface area contributed by atoms with Gasteiger partial charge in [0.25, 0.3) is 0 Å². The Kier molecular flexibility index (Phi) is 8.31. The number of carbonyl (C=O) groups is 2. The maximum Gasteiger partial charge on any atom is 0.416 e. The van der Waals surface area contributed by atoms with E-state index in [1.54, 1.807) is 4.90 Å². The molecule has 0 N–H and O–H groups in total. The molecule has 0 radical (unpaired) electrons. The van der Waals surface area contributed by atoms with Crippen LogP contribution in [0, 0.1) is 5.92 Å². The fraction of sp³-hybridized carbons (Fsp3) is 0.429. The Labute approximate surface area is 258 Å². The van der Waals surface area contributed by atoms with Crippen LogP contribution in [0.15, 0.2) is 78.9 Å². The fourth-order valence-electron chi connectivity index (χ4n) is 7.90. The highest BCUT2D eigenvalue weighted by atomic mass is 19.4. The predicted octanol–water partition coefficient (Wildman–Crippen LogP) is 8.02. The molecule has 0 bridgehead atoms. The van der Waals surface area contributed by atoms with Crippen LogP contribution in [0.1, 0.15) is 66.7 Å². The van der Waals surface area contributed by atoms with Crippen LogP contribution in [0.3, 0.4) is 0 Å². The van der Waals surface area contributed by atoms with Gasteiger partial charge >= 0.3 is 12.4 Å². The zero-order valence-electron chi connectivity index (χ0n) is 24.6. The van der Waals surface area contributed by atoms with E-state index in [9.17, 15) is 35.9 Å². The molecule has 0 spiro atoms. The average Bonchev–Trinajstić information content (AvgIpc) is 3.42. The number of alkyl halides is 6. The Balaban J connectivity index is 1.23. The van der Waals surface area contributed by atoms with E-state index >= 15 is 0 Å². The van der Waals surface area contributed by atoms with Crippen molar-refractivity contribution in [1.82, 2.24) is 4.90 Å².